The highest BCUT2D eigenvalue weighted by Gasteiger charge is 2.19. The van der Waals surface area contributed by atoms with Gasteiger partial charge in [0.2, 0.25) is 0 Å². The molecule has 0 aliphatic rings. The first-order valence-electron chi connectivity index (χ1n) is 21.9. The Balaban J connectivity index is 1.20. The largest absolute Gasteiger partial charge is 0.455 e. The average Bonchev–Trinajstić information content (AvgIpc) is 3.69. The highest BCUT2D eigenvalue weighted by molar-refractivity contribution is 6.15. The van der Waals surface area contributed by atoms with Crippen molar-refractivity contribution in [2.75, 3.05) is 4.90 Å². The molecule has 0 amide bonds. The summed E-state index contributed by atoms with van der Waals surface area (Å²) in [5, 5.41) is 8.74. The highest BCUT2D eigenvalue weighted by Crippen LogP contribution is 2.44. The lowest BCUT2D eigenvalue weighted by atomic mass is 9.96. The number of fused-ring (bicyclic) bond motifs is 9. The highest BCUT2D eigenvalue weighted by atomic mass is 16.3. The molecule has 0 spiro atoms. The molecule has 54 heavy (non-hydrogen) atoms. The van der Waals surface area contributed by atoms with E-state index in [4.69, 9.17) is 4.42 Å². The van der Waals surface area contributed by atoms with Crippen LogP contribution in [-0.4, -0.2) is 0 Å². The SMILES string of the molecule is [2H]c1c([2H])c(N(c2c([2H])c([2H])c(-c3cccc4c3oc3ccccc34)c([2H])c2[2H])c2cc3ccccc3c3ccccc23)c([2H])c([2H])c1-c1ccc2ccc3ccccc3c2c1. The van der Waals surface area contributed by atoms with Gasteiger partial charge in [0, 0.05) is 33.1 Å². The summed E-state index contributed by atoms with van der Waals surface area (Å²) in [7, 11) is 0. The molecule has 0 aliphatic carbocycles. The average molecular weight is 696 g/mol. The molecule has 1 aromatic heterocycles. The first-order chi connectivity index (χ1) is 30.1. The van der Waals surface area contributed by atoms with Gasteiger partial charge in [0.1, 0.15) is 11.2 Å². The lowest BCUT2D eigenvalue weighted by Crippen LogP contribution is -2.10. The molecule has 2 heteroatoms. The first-order valence-corrected chi connectivity index (χ1v) is 17.9. The molecule has 0 radical (unpaired) electrons. The molecule has 0 unspecified atom stereocenters. The van der Waals surface area contributed by atoms with E-state index >= 15 is 0 Å². The van der Waals surface area contributed by atoms with E-state index in [0.29, 0.717) is 33.4 Å². The van der Waals surface area contributed by atoms with Crippen molar-refractivity contribution >= 4 is 82.1 Å². The third-order valence-corrected chi connectivity index (χ3v) is 10.4. The van der Waals surface area contributed by atoms with Crippen LogP contribution in [0.2, 0.25) is 0 Å². The van der Waals surface area contributed by atoms with Crippen molar-refractivity contribution in [3.05, 3.63) is 200 Å². The van der Waals surface area contributed by atoms with E-state index in [-0.39, 0.29) is 46.7 Å². The van der Waals surface area contributed by atoms with Crippen LogP contribution in [0.3, 0.4) is 0 Å². The van der Waals surface area contributed by atoms with Crippen LogP contribution in [-0.2, 0) is 0 Å². The molecule has 0 N–H and O–H groups in total. The van der Waals surface area contributed by atoms with E-state index in [1.165, 1.54) is 4.90 Å². The minimum Gasteiger partial charge on any atom is -0.455 e. The molecule has 11 aromatic rings. The van der Waals surface area contributed by atoms with Gasteiger partial charge in [-0.25, -0.2) is 0 Å². The van der Waals surface area contributed by atoms with Gasteiger partial charge >= 0.3 is 0 Å². The zero-order valence-electron chi connectivity index (χ0n) is 36.8. The van der Waals surface area contributed by atoms with Crippen LogP contribution >= 0.6 is 0 Å². The van der Waals surface area contributed by atoms with Crippen molar-refractivity contribution in [2.45, 2.75) is 0 Å². The van der Waals surface area contributed by atoms with Crippen molar-refractivity contribution in [3.63, 3.8) is 0 Å². The molecule has 0 saturated carbocycles. The normalized spacial score (nSPS) is 13.8. The van der Waals surface area contributed by atoms with Crippen molar-refractivity contribution in [2.24, 2.45) is 0 Å². The van der Waals surface area contributed by atoms with Crippen LogP contribution < -0.4 is 4.90 Å². The second-order valence-electron chi connectivity index (χ2n) is 13.4. The number of benzene rings is 10. The van der Waals surface area contributed by atoms with Gasteiger partial charge in [0.25, 0.3) is 0 Å². The molecule has 10 aromatic carbocycles. The summed E-state index contributed by atoms with van der Waals surface area (Å²) in [6, 6.07) is 44.9. The van der Waals surface area contributed by atoms with Crippen LogP contribution in [0.5, 0.6) is 0 Å². The molecule has 252 valence electrons. The molecule has 0 fully saturated rings. The van der Waals surface area contributed by atoms with Gasteiger partial charge in [-0.05, 0) is 96.8 Å². The van der Waals surface area contributed by atoms with Gasteiger partial charge < -0.3 is 9.32 Å². The van der Waals surface area contributed by atoms with Crippen LogP contribution in [0.25, 0.3) is 87.3 Å². The summed E-state index contributed by atoms with van der Waals surface area (Å²) in [6.45, 7) is 0. The van der Waals surface area contributed by atoms with Gasteiger partial charge in [-0.2, -0.15) is 0 Å². The van der Waals surface area contributed by atoms with Gasteiger partial charge in [-0.15, -0.1) is 0 Å². The van der Waals surface area contributed by atoms with Crippen LogP contribution in [0, 0.1) is 0 Å². The molecular weight excluding hydrogens is 655 g/mol. The van der Waals surface area contributed by atoms with Crippen LogP contribution in [0.15, 0.2) is 204 Å². The standard InChI is InChI=1S/C52H33NO/c1-3-12-42-35(10-1)20-21-37-22-23-38(32-49(37)42)34-24-28-40(29-25-34)53(50-33-39-11-2-4-13-43(39)45-14-5-6-15-46(45)50)41-30-26-36(27-31-41)44-17-9-18-48-47-16-7-8-19-51(47)54-52(44)48/h1-33H/i24D,25D,26D,27D,28D,29D,30D,31D. The van der Waals surface area contributed by atoms with E-state index in [1.54, 1.807) is 18.2 Å². The summed E-state index contributed by atoms with van der Waals surface area (Å²) < 4.78 is 83.5. The van der Waals surface area contributed by atoms with E-state index in [2.05, 4.69) is 0 Å². The first kappa shape index (κ1) is 23.4. The maximum Gasteiger partial charge on any atom is 0.143 e. The topological polar surface area (TPSA) is 16.4 Å². The number of para-hydroxylation sites is 2. The Hall–Kier alpha value is -7.16. The molecule has 0 saturated heterocycles. The van der Waals surface area contributed by atoms with Crippen molar-refractivity contribution in [1.82, 2.24) is 0 Å². The number of hydrogen-bond acceptors (Lipinski definition) is 2. The zero-order valence-corrected chi connectivity index (χ0v) is 28.8. The zero-order chi connectivity index (χ0) is 42.6. The summed E-state index contributed by atoms with van der Waals surface area (Å²) in [5.74, 6) is 0. The van der Waals surface area contributed by atoms with E-state index < -0.39 is 24.2 Å². The van der Waals surface area contributed by atoms with Gasteiger partial charge in [-0.3, -0.25) is 0 Å². The summed E-state index contributed by atoms with van der Waals surface area (Å²) in [5.41, 5.74) is 2.05. The Kier molecular flexibility index (Phi) is 5.30. The van der Waals surface area contributed by atoms with Crippen molar-refractivity contribution in [3.8, 4) is 22.3 Å². The van der Waals surface area contributed by atoms with Gasteiger partial charge in [0.15, 0.2) is 0 Å². The quantitative estimate of drug-likeness (QED) is 0.167. The fraction of sp³-hybridized carbons (Fsp3) is 0. The number of hydrogen-bond donors (Lipinski definition) is 0. The Morgan fingerprint density at radius 2 is 0.926 bits per heavy atom. The predicted octanol–water partition coefficient (Wildman–Crippen LogP) is 15.0. The molecule has 2 nitrogen and oxygen atoms in total. The molecule has 0 aliphatic heterocycles. The maximum atomic E-state index is 9.73. The monoisotopic (exact) mass is 695 g/mol. The lowest BCUT2D eigenvalue weighted by molar-refractivity contribution is 0.670. The number of anilines is 3. The molecule has 0 bridgehead atoms. The van der Waals surface area contributed by atoms with Crippen molar-refractivity contribution < 1.29 is 15.4 Å². The van der Waals surface area contributed by atoms with E-state index in [1.807, 2.05) is 133 Å². The van der Waals surface area contributed by atoms with Crippen LogP contribution in [0.1, 0.15) is 11.0 Å². The van der Waals surface area contributed by atoms with Gasteiger partial charge in [-0.1, -0.05) is 158 Å². The Morgan fingerprint density at radius 1 is 0.370 bits per heavy atom. The Labute approximate surface area is 324 Å². The minimum absolute atomic E-state index is 0.0375. The third kappa shape index (κ3) is 4.88. The van der Waals surface area contributed by atoms with E-state index in [0.717, 1.165) is 48.5 Å². The minimum atomic E-state index is -0.423. The second kappa shape index (κ2) is 12.2. The number of rotatable bonds is 5. The second-order valence-corrected chi connectivity index (χ2v) is 13.4. The lowest BCUT2D eigenvalue weighted by Gasteiger charge is -2.28. The molecule has 11 rings (SSSR count). The van der Waals surface area contributed by atoms with Crippen molar-refractivity contribution in [1.29, 1.82) is 0 Å². The summed E-state index contributed by atoms with van der Waals surface area (Å²) >= 11 is 0. The molecular formula is C52H33NO. The van der Waals surface area contributed by atoms with Gasteiger partial charge in [0.05, 0.1) is 16.7 Å². The third-order valence-electron chi connectivity index (χ3n) is 10.4. The smallest absolute Gasteiger partial charge is 0.143 e. The van der Waals surface area contributed by atoms with Crippen LogP contribution in [0.4, 0.5) is 17.1 Å². The fourth-order valence-corrected chi connectivity index (χ4v) is 7.79. The Bertz CT molecular complexity index is 3650. The summed E-state index contributed by atoms with van der Waals surface area (Å²) in [4.78, 5) is 1.40. The summed E-state index contributed by atoms with van der Waals surface area (Å²) in [6.07, 6.45) is 0. The fourth-order valence-electron chi connectivity index (χ4n) is 7.79. The van der Waals surface area contributed by atoms with E-state index in [9.17, 15) is 11.0 Å². The molecule has 1 heterocycles. The Morgan fingerprint density at radius 3 is 1.69 bits per heavy atom. The predicted molar refractivity (Wildman–Crippen MR) is 229 cm³/mol. The number of furan rings is 1. The molecule has 0 atom stereocenters. The maximum absolute atomic E-state index is 9.73. The number of nitrogens with zero attached hydrogens (tertiary/aromatic N) is 1.